The molecule has 2 heterocycles. The van der Waals surface area contributed by atoms with Crippen molar-refractivity contribution in [2.24, 2.45) is 0 Å². The lowest BCUT2D eigenvalue weighted by atomic mass is 9.82. The van der Waals surface area contributed by atoms with Crippen LogP contribution in [0.15, 0.2) is 4.52 Å². The summed E-state index contributed by atoms with van der Waals surface area (Å²) in [7, 11) is 1.55. The molecular weight excluding hydrogens is 220 g/mol. The Kier molecular flexibility index (Phi) is 3.42. The molecule has 1 aliphatic heterocycles. The van der Waals surface area contributed by atoms with Crippen LogP contribution in [-0.2, 0) is 5.41 Å². The maximum Gasteiger partial charge on any atom is 0.292 e. The predicted octanol–water partition coefficient (Wildman–Crippen LogP) is 0.460. The lowest BCUT2D eigenvalue weighted by Crippen LogP contribution is -2.29. The van der Waals surface area contributed by atoms with Crippen molar-refractivity contribution >= 4 is 5.91 Å². The molecule has 0 aliphatic carbocycles. The third-order valence-corrected chi connectivity index (χ3v) is 3.28. The number of carbonyl (C=O) groups is 1. The molecule has 1 fully saturated rings. The summed E-state index contributed by atoms with van der Waals surface area (Å²) in [6, 6.07) is 0. The third kappa shape index (κ3) is 2.17. The van der Waals surface area contributed by atoms with Gasteiger partial charge < -0.3 is 15.2 Å². The molecule has 0 aromatic carbocycles. The molecule has 2 N–H and O–H groups in total. The molecule has 1 aromatic rings. The van der Waals surface area contributed by atoms with Gasteiger partial charge in [-0.2, -0.15) is 4.98 Å². The summed E-state index contributed by atoms with van der Waals surface area (Å²) in [5.74, 6) is 0.394. The van der Waals surface area contributed by atoms with Gasteiger partial charge in [-0.05, 0) is 19.4 Å². The van der Waals surface area contributed by atoms with Gasteiger partial charge >= 0.3 is 0 Å². The summed E-state index contributed by atoms with van der Waals surface area (Å²) in [5, 5.41) is 9.54. The number of nitrogens with zero attached hydrogens (tertiary/aromatic N) is 2. The van der Waals surface area contributed by atoms with Crippen molar-refractivity contribution in [2.45, 2.75) is 31.6 Å². The number of aromatic nitrogens is 2. The highest BCUT2D eigenvalue weighted by Crippen LogP contribution is 2.34. The molecule has 0 radical (unpaired) electrons. The van der Waals surface area contributed by atoms with Gasteiger partial charge in [-0.15, -0.1) is 0 Å². The zero-order chi connectivity index (χ0) is 12.3. The van der Waals surface area contributed by atoms with E-state index in [1.807, 2.05) is 0 Å². The van der Waals surface area contributed by atoms with Crippen molar-refractivity contribution in [1.29, 1.82) is 0 Å². The van der Waals surface area contributed by atoms with Gasteiger partial charge in [-0.3, -0.25) is 4.79 Å². The van der Waals surface area contributed by atoms with Gasteiger partial charge in [-0.1, -0.05) is 18.5 Å². The molecule has 1 amide bonds. The number of hydrogen-bond acceptors (Lipinski definition) is 5. The van der Waals surface area contributed by atoms with Gasteiger partial charge in [0.05, 0.1) is 5.41 Å². The highest BCUT2D eigenvalue weighted by molar-refractivity contribution is 5.89. The summed E-state index contributed by atoms with van der Waals surface area (Å²) in [5.41, 5.74) is -0.0893. The first-order valence-electron chi connectivity index (χ1n) is 5.99. The third-order valence-electron chi connectivity index (χ3n) is 3.28. The molecule has 0 bridgehead atoms. The Bertz CT molecular complexity index is 396. The van der Waals surface area contributed by atoms with Crippen molar-refractivity contribution in [1.82, 2.24) is 20.8 Å². The minimum Gasteiger partial charge on any atom is -0.352 e. The summed E-state index contributed by atoms with van der Waals surface area (Å²) >= 11 is 0. The maximum absolute atomic E-state index is 11.4. The van der Waals surface area contributed by atoms with Gasteiger partial charge in [0.1, 0.15) is 0 Å². The largest absolute Gasteiger partial charge is 0.352 e. The summed E-state index contributed by atoms with van der Waals surface area (Å²) < 4.78 is 5.27. The monoisotopic (exact) mass is 238 g/mol. The lowest BCUT2D eigenvalue weighted by molar-refractivity contribution is 0.0950. The quantitative estimate of drug-likeness (QED) is 0.796. The molecule has 17 heavy (non-hydrogen) atoms. The Balaban J connectivity index is 2.25. The first kappa shape index (κ1) is 12.0. The maximum atomic E-state index is 11.4. The van der Waals surface area contributed by atoms with E-state index in [2.05, 4.69) is 27.7 Å². The second-order valence-corrected chi connectivity index (χ2v) is 4.46. The zero-order valence-electron chi connectivity index (χ0n) is 10.2. The van der Waals surface area contributed by atoms with E-state index in [0.717, 1.165) is 32.4 Å². The summed E-state index contributed by atoms with van der Waals surface area (Å²) in [4.78, 5) is 15.6. The van der Waals surface area contributed by atoms with Crippen LogP contribution in [0.1, 0.15) is 42.7 Å². The van der Waals surface area contributed by atoms with Crippen LogP contribution in [0.3, 0.4) is 0 Å². The summed E-state index contributed by atoms with van der Waals surface area (Å²) in [6.07, 6.45) is 3.03. The number of nitrogens with one attached hydrogen (secondary N) is 2. The molecule has 6 heteroatoms. The average molecular weight is 238 g/mol. The molecule has 1 unspecified atom stereocenters. The fourth-order valence-electron chi connectivity index (χ4n) is 2.37. The number of carbonyl (C=O) groups excluding carboxylic acids is 1. The van der Waals surface area contributed by atoms with E-state index < -0.39 is 0 Å². The van der Waals surface area contributed by atoms with Crippen molar-refractivity contribution in [3.8, 4) is 0 Å². The molecule has 94 valence electrons. The van der Waals surface area contributed by atoms with E-state index in [0.29, 0.717) is 5.89 Å². The summed E-state index contributed by atoms with van der Waals surface area (Å²) in [6.45, 7) is 3.93. The van der Waals surface area contributed by atoms with Crippen LogP contribution in [0, 0.1) is 0 Å². The topological polar surface area (TPSA) is 80.1 Å². The lowest BCUT2D eigenvalue weighted by Gasteiger charge is -2.22. The molecule has 0 saturated carbocycles. The zero-order valence-corrected chi connectivity index (χ0v) is 10.2. The van der Waals surface area contributed by atoms with Crippen molar-refractivity contribution in [2.75, 3.05) is 20.1 Å². The van der Waals surface area contributed by atoms with Crippen LogP contribution >= 0.6 is 0 Å². The molecule has 1 aromatic heterocycles. The van der Waals surface area contributed by atoms with Crippen molar-refractivity contribution < 1.29 is 9.32 Å². The first-order valence-corrected chi connectivity index (χ1v) is 5.99. The van der Waals surface area contributed by atoms with Crippen LogP contribution in [0.25, 0.3) is 0 Å². The van der Waals surface area contributed by atoms with E-state index in [9.17, 15) is 4.79 Å². The SMILES string of the molecule is CCCC1(c2nc(C(=O)NC)no2)CCNC1. The molecule has 6 nitrogen and oxygen atoms in total. The highest BCUT2D eigenvalue weighted by atomic mass is 16.5. The van der Waals surface area contributed by atoms with Gasteiger partial charge in [0.15, 0.2) is 0 Å². The minimum atomic E-state index is -0.308. The molecule has 0 spiro atoms. The molecular formula is C11H18N4O2. The van der Waals surface area contributed by atoms with E-state index in [4.69, 9.17) is 4.52 Å². The van der Waals surface area contributed by atoms with Crippen molar-refractivity contribution in [3.05, 3.63) is 11.7 Å². The van der Waals surface area contributed by atoms with E-state index in [1.54, 1.807) is 7.05 Å². The normalized spacial score (nSPS) is 23.9. The smallest absolute Gasteiger partial charge is 0.292 e. The van der Waals surface area contributed by atoms with E-state index in [1.165, 1.54) is 0 Å². The van der Waals surface area contributed by atoms with E-state index >= 15 is 0 Å². The number of rotatable bonds is 4. The molecule has 1 saturated heterocycles. The highest BCUT2D eigenvalue weighted by Gasteiger charge is 2.40. The second kappa shape index (κ2) is 4.83. The van der Waals surface area contributed by atoms with Gasteiger partial charge in [0, 0.05) is 13.6 Å². The van der Waals surface area contributed by atoms with Crippen LogP contribution in [0.5, 0.6) is 0 Å². The number of amides is 1. The fourth-order valence-corrected chi connectivity index (χ4v) is 2.37. The average Bonchev–Trinajstić information content (AvgIpc) is 2.97. The van der Waals surface area contributed by atoms with Crippen LogP contribution in [0.4, 0.5) is 0 Å². The van der Waals surface area contributed by atoms with Crippen molar-refractivity contribution in [3.63, 3.8) is 0 Å². The Labute approximate surface area is 100 Å². The first-order chi connectivity index (χ1) is 8.22. The standard InChI is InChI=1S/C11H18N4O2/c1-3-4-11(5-6-13-7-11)10-14-8(15-17-10)9(16)12-2/h13H,3-7H2,1-2H3,(H,12,16). The van der Waals surface area contributed by atoms with Crippen LogP contribution < -0.4 is 10.6 Å². The van der Waals surface area contributed by atoms with Crippen LogP contribution in [-0.4, -0.2) is 36.2 Å². The molecule has 1 atom stereocenters. The molecule has 2 rings (SSSR count). The Morgan fingerprint density at radius 3 is 3.06 bits per heavy atom. The van der Waals surface area contributed by atoms with E-state index in [-0.39, 0.29) is 17.1 Å². The second-order valence-electron chi connectivity index (χ2n) is 4.46. The Hall–Kier alpha value is -1.43. The van der Waals surface area contributed by atoms with Gasteiger partial charge in [-0.25, -0.2) is 0 Å². The molecule has 1 aliphatic rings. The Morgan fingerprint density at radius 2 is 2.47 bits per heavy atom. The fraction of sp³-hybridized carbons (Fsp3) is 0.727. The number of hydrogen-bond donors (Lipinski definition) is 2. The minimum absolute atomic E-state index is 0.0893. The van der Waals surface area contributed by atoms with Gasteiger partial charge in [0.25, 0.3) is 11.7 Å². The van der Waals surface area contributed by atoms with Crippen LogP contribution in [0.2, 0.25) is 0 Å². The van der Waals surface area contributed by atoms with Gasteiger partial charge in [0.2, 0.25) is 5.89 Å². The Morgan fingerprint density at radius 1 is 1.65 bits per heavy atom. The predicted molar refractivity (Wildman–Crippen MR) is 61.8 cm³/mol.